The summed E-state index contributed by atoms with van der Waals surface area (Å²) in [5, 5.41) is 9.91. The Bertz CT molecular complexity index is 384. The molecule has 1 aliphatic rings. The van der Waals surface area contributed by atoms with E-state index in [4.69, 9.17) is 10.5 Å². The second-order valence-corrected chi connectivity index (χ2v) is 5.29. The third-order valence-electron chi connectivity index (χ3n) is 3.21. The average molecular weight is 300 g/mol. The maximum Gasteiger partial charge on any atom is 0.138 e. The Hall–Kier alpha value is -0.580. The topological polar surface area (TPSA) is 55.5 Å². The van der Waals surface area contributed by atoms with Crippen LogP contribution in [0.25, 0.3) is 0 Å². The summed E-state index contributed by atoms with van der Waals surface area (Å²) in [5.41, 5.74) is 6.67. The Morgan fingerprint density at radius 3 is 2.82 bits per heavy atom. The minimum absolute atomic E-state index is 0.104. The normalized spacial score (nSPS) is 24.6. The van der Waals surface area contributed by atoms with Crippen molar-refractivity contribution >= 4 is 15.9 Å². The third kappa shape index (κ3) is 3.00. The second-order valence-electron chi connectivity index (χ2n) is 4.44. The first-order valence-corrected chi connectivity index (χ1v) is 6.84. The van der Waals surface area contributed by atoms with Crippen LogP contribution in [-0.4, -0.2) is 17.3 Å². The number of aliphatic hydroxyl groups is 1. The van der Waals surface area contributed by atoms with Gasteiger partial charge in [-0.25, -0.2) is 0 Å². The molecule has 1 fully saturated rings. The molecule has 0 heterocycles. The molecule has 2 rings (SSSR count). The lowest BCUT2D eigenvalue weighted by atomic mass is 9.95. The smallest absolute Gasteiger partial charge is 0.138 e. The van der Waals surface area contributed by atoms with E-state index in [1.165, 1.54) is 0 Å². The molecule has 1 aliphatic carbocycles. The van der Waals surface area contributed by atoms with Crippen molar-refractivity contribution in [2.24, 2.45) is 5.73 Å². The molecular formula is C13H18BrNO2. The number of benzene rings is 1. The van der Waals surface area contributed by atoms with Gasteiger partial charge in [0.15, 0.2) is 0 Å². The highest BCUT2D eigenvalue weighted by atomic mass is 79.9. The SMILES string of the molecule is NCc1cccc(Br)c1OC1CCCCC1O. The highest BCUT2D eigenvalue weighted by Gasteiger charge is 2.25. The van der Waals surface area contributed by atoms with Gasteiger partial charge in [-0.05, 0) is 41.3 Å². The molecule has 0 aromatic heterocycles. The molecule has 0 saturated heterocycles. The van der Waals surface area contributed by atoms with Crippen LogP contribution in [0.5, 0.6) is 5.75 Å². The molecule has 3 nitrogen and oxygen atoms in total. The Morgan fingerprint density at radius 1 is 1.35 bits per heavy atom. The molecule has 1 aromatic carbocycles. The van der Waals surface area contributed by atoms with E-state index in [0.717, 1.165) is 41.5 Å². The molecule has 0 bridgehead atoms. The van der Waals surface area contributed by atoms with E-state index in [9.17, 15) is 5.11 Å². The van der Waals surface area contributed by atoms with E-state index in [0.29, 0.717) is 6.54 Å². The predicted molar refractivity (Wildman–Crippen MR) is 70.9 cm³/mol. The summed E-state index contributed by atoms with van der Waals surface area (Å²) < 4.78 is 6.84. The molecule has 1 aromatic rings. The van der Waals surface area contributed by atoms with Crippen molar-refractivity contribution in [3.8, 4) is 5.75 Å². The van der Waals surface area contributed by atoms with Crippen molar-refractivity contribution in [3.05, 3.63) is 28.2 Å². The molecule has 0 amide bonds. The Kier molecular flexibility index (Phi) is 4.42. The zero-order chi connectivity index (χ0) is 12.3. The van der Waals surface area contributed by atoms with Crippen molar-refractivity contribution < 1.29 is 9.84 Å². The van der Waals surface area contributed by atoms with Crippen molar-refractivity contribution in [3.63, 3.8) is 0 Å². The number of aliphatic hydroxyl groups excluding tert-OH is 1. The van der Waals surface area contributed by atoms with Gasteiger partial charge in [0.05, 0.1) is 10.6 Å². The van der Waals surface area contributed by atoms with E-state index in [-0.39, 0.29) is 12.2 Å². The standard InChI is InChI=1S/C13H18BrNO2/c14-10-5-3-4-9(8-15)13(10)17-12-7-2-1-6-11(12)16/h3-5,11-12,16H,1-2,6-8,15H2. The van der Waals surface area contributed by atoms with E-state index in [1.807, 2.05) is 18.2 Å². The van der Waals surface area contributed by atoms with Crippen LogP contribution in [0.1, 0.15) is 31.2 Å². The van der Waals surface area contributed by atoms with Crippen molar-refractivity contribution in [2.75, 3.05) is 0 Å². The Labute approximate surface area is 110 Å². The highest BCUT2D eigenvalue weighted by molar-refractivity contribution is 9.10. The third-order valence-corrected chi connectivity index (χ3v) is 3.83. The number of ether oxygens (including phenoxy) is 1. The lowest BCUT2D eigenvalue weighted by molar-refractivity contribution is 0.00602. The summed E-state index contributed by atoms with van der Waals surface area (Å²) in [4.78, 5) is 0. The van der Waals surface area contributed by atoms with Crippen molar-refractivity contribution in [1.82, 2.24) is 0 Å². The average Bonchev–Trinajstić information content (AvgIpc) is 2.34. The van der Waals surface area contributed by atoms with Gasteiger partial charge in [-0.2, -0.15) is 0 Å². The molecule has 1 saturated carbocycles. The summed E-state index contributed by atoms with van der Waals surface area (Å²) in [5.74, 6) is 0.779. The molecule has 3 N–H and O–H groups in total. The van der Waals surface area contributed by atoms with E-state index in [2.05, 4.69) is 15.9 Å². The molecule has 0 spiro atoms. The van der Waals surface area contributed by atoms with Gasteiger partial charge in [-0.15, -0.1) is 0 Å². The number of para-hydroxylation sites is 1. The van der Waals surface area contributed by atoms with Crippen LogP contribution in [0.2, 0.25) is 0 Å². The summed E-state index contributed by atoms with van der Waals surface area (Å²) in [6.45, 7) is 0.442. The molecule has 4 heteroatoms. The van der Waals surface area contributed by atoms with Gasteiger partial charge in [0.2, 0.25) is 0 Å². The monoisotopic (exact) mass is 299 g/mol. The number of rotatable bonds is 3. The van der Waals surface area contributed by atoms with E-state index in [1.54, 1.807) is 0 Å². The van der Waals surface area contributed by atoms with Gasteiger partial charge in [0, 0.05) is 12.1 Å². The maximum atomic E-state index is 9.91. The van der Waals surface area contributed by atoms with Crippen LogP contribution < -0.4 is 10.5 Å². The number of hydrogen-bond donors (Lipinski definition) is 2. The van der Waals surface area contributed by atoms with Gasteiger partial charge in [0.1, 0.15) is 11.9 Å². The summed E-state index contributed by atoms with van der Waals surface area (Å²) in [6.07, 6.45) is 3.47. The largest absolute Gasteiger partial charge is 0.486 e. The molecule has 2 atom stereocenters. The fourth-order valence-electron chi connectivity index (χ4n) is 2.21. The summed E-state index contributed by atoms with van der Waals surface area (Å²) >= 11 is 3.47. The first kappa shape index (κ1) is 12.9. The van der Waals surface area contributed by atoms with Gasteiger partial charge in [0.25, 0.3) is 0 Å². The van der Waals surface area contributed by atoms with Gasteiger partial charge in [-0.3, -0.25) is 0 Å². The van der Waals surface area contributed by atoms with Crippen LogP contribution in [0.3, 0.4) is 0 Å². The molecule has 0 aliphatic heterocycles. The number of halogens is 1. The molecule has 2 unspecified atom stereocenters. The fourth-order valence-corrected chi connectivity index (χ4v) is 2.71. The van der Waals surface area contributed by atoms with Crippen LogP contribution in [-0.2, 0) is 6.54 Å². The van der Waals surface area contributed by atoms with Crippen LogP contribution in [0.4, 0.5) is 0 Å². The lowest BCUT2D eigenvalue weighted by Crippen LogP contribution is -2.35. The van der Waals surface area contributed by atoms with Crippen molar-refractivity contribution in [2.45, 2.75) is 44.4 Å². The maximum absolute atomic E-state index is 9.91. The van der Waals surface area contributed by atoms with Crippen molar-refractivity contribution in [1.29, 1.82) is 0 Å². The summed E-state index contributed by atoms with van der Waals surface area (Å²) in [6, 6.07) is 5.83. The molecule has 94 valence electrons. The minimum atomic E-state index is -0.360. The molecule has 17 heavy (non-hydrogen) atoms. The van der Waals surface area contributed by atoms with Crippen LogP contribution in [0.15, 0.2) is 22.7 Å². The van der Waals surface area contributed by atoms with Crippen LogP contribution >= 0.6 is 15.9 Å². The molecular weight excluding hydrogens is 282 g/mol. The van der Waals surface area contributed by atoms with E-state index >= 15 is 0 Å². The highest BCUT2D eigenvalue weighted by Crippen LogP contribution is 2.32. The number of hydrogen-bond acceptors (Lipinski definition) is 3. The van der Waals surface area contributed by atoms with Gasteiger partial charge >= 0.3 is 0 Å². The zero-order valence-electron chi connectivity index (χ0n) is 9.73. The van der Waals surface area contributed by atoms with Gasteiger partial charge < -0.3 is 15.6 Å². The Morgan fingerprint density at radius 2 is 2.12 bits per heavy atom. The first-order chi connectivity index (χ1) is 8.22. The van der Waals surface area contributed by atoms with Crippen LogP contribution in [0, 0.1) is 0 Å². The van der Waals surface area contributed by atoms with E-state index < -0.39 is 0 Å². The predicted octanol–water partition coefficient (Wildman–Crippen LogP) is 2.59. The minimum Gasteiger partial charge on any atom is -0.486 e. The lowest BCUT2D eigenvalue weighted by Gasteiger charge is -2.29. The first-order valence-electron chi connectivity index (χ1n) is 6.04. The fraction of sp³-hybridized carbons (Fsp3) is 0.538. The zero-order valence-corrected chi connectivity index (χ0v) is 11.3. The quantitative estimate of drug-likeness (QED) is 0.902. The van der Waals surface area contributed by atoms with Gasteiger partial charge in [-0.1, -0.05) is 18.6 Å². The Balaban J connectivity index is 2.16. The number of nitrogens with two attached hydrogens (primary N) is 1. The second kappa shape index (κ2) is 5.85. The summed E-state index contributed by atoms with van der Waals surface area (Å²) in [7, 11) is 0. The molecule has 0 radical (unpaired) electrons.